The summed E-state index contributed by atoms with van der Waals surface area (Å²) in [5.74, 6) is -1.33. The zero-order chi connectivity index (χ0) is 55.9. The summed E-state index contributed by atoms with van der Waals surface area (Å²) in [5, 5.41) is 25.5. The van der Waals surface area contributed by atoms with Gasteiger partial charge in [-0.2, -0.15) is 18.4 Å². The molecule has 3 heterocycles. The van der Waals surface area contributed by atoms with E-state index in [1.807, 2.05) is 52.0 Å². The number of nitrogens with one attached hydrogen (secondary N) is 2. The molecule has 3 aromatic carbocycles. The molecule has 6 rings (SSSR count). The van der Waals surface area contributed by atoms with E-state index in [1.54, 1.807) is 41.1 Å². The zero-order valence-electron chi connectivity index (χ0n) is 44.3. The van der Waals surface area contributed by atoms with Gasteiger partial charge < -0.3 is 44.3 Å². The van der Waals surface area contributed by atoms with Crippen molar-refractivity contribution in [2.45, 2.75) is 110 Å². The number of unbranched alkanes of at least 4 members (excludes halogenated alkanes) is 1. The van der Waals surface area contributed by atoms with Crippen LogP contribution in [0.4, 0.5) is 29.3 Å². The molecule has 0 aliphatic carbocycles. The number of benzene rings is 3. The van der Waals surface area contributed by atoms with Crippen LogP contribution in [0.1, 0.15) is 89.1 Å². The molecule has 2 aliphatic heterocycles. The van der Waals surface area contributed by atoms with Crippen LogP contribution < -0.4 is 25.2 Å². The minimum Gasteiger partial charge on any atom is -0.491 e. The van der Waals surface area contributed by atoms with Gasteiger partial charge >= 0.3 is 12.2 Å². The van der Waals surface area contributed by atoms with Gasteiger partial charge in [-0.15, -0.1) is 11.3 Å². The lowest BCUT2D eigenvalue weighted by molar-refractivity contribution is -0.144. The van der Waals surface area contributed by atoms with E-state index in [0.29, 0.717) is 87.9 Å². The van der Waals surface area contributed by atoms with Crippen LogP contribution in [0.25, 0.3) is 10.4 Å². The van der Waals surface area contributed by atoms with Gasteiger partial charge in [0.15, 0.2) is 0 Å². The first-order valence-corrected chi connectivity index (χ1v) is 26.4. The van der Waals surface area contributed by atoms with E-state index in [2.05, 4.69) is 15.6 Å². The quantitative estimate of drug-likeness (QED) is 0.0388. The average molecular weight is 1090 g/mol. The van der Waals surface area contributed by atoms with Crippen molar-refractivity contribution in [1.29, 1.82) is 5.26 Å². The van der Waals surface area contributed by atoms with Crippen LogP contribution >= 0.6 is 11.3 Å². The average Bonchev–Trinajstić information content (AvgIpc) is 4.06. The maximum Gasteiger partial charge on any atom is 0.417 e. The second kappa shape index (κ2) is 27.2. The van der Waals surface area contributed by atoms with Gasteiger partial charge in [-0.3, -0.25) is 24.1 Å². The van der Waals surface area contributed by atoms with Gasteiger partial charge in [0.05, 0.1) is 78.1 Å². The Morgan fingerprint density at radius 1 is 0.857 bits per heavy atom. The first-order valence-electron chi connectivity index (χ1n) is 25.5. The number of rotatable bonds is 27. The van der Waals surface area contributed by atoms with Gasteiger partial charge in [0.1, 0.15) is 30.0 Å². The van der Waals surface area contributed by atoms with E-state index >= 15 is 0 Å². The molecule has 18 nitrogen and oxygen atoms in total. The van der Waals surface area contributed by atoms with Gasteiger partial charge in [0.2, 0.25) is 17.7 Å². The molecule has 4 aromatic rings. The molecular weight excluding hydrogens is 1020 g/mol. The highest BCUT2D eigenvalue weighted by Gasteiger charge is 2.53. The largest absolute Gasteiger partial charge is 0.491 e. The van der Waals surface area contributed by atoms with E-state index < -0.39 is 64.3 Å². The fourth-order valence-corrected chi connectivity index (χ4v) is 9.59. The molecule has 6 amide bonds. The molecule has 2 saturated heterocycles. The summed E-state index contributed by atoms with van der Waals surface area (Å²) in [6.07, 6.45) is -3.61. The number of thiazole rings is 1. The van der Waals surface area contributed by atoms with E-state index in [9.17, 15) is 42.3 Å². The van der Waals surface area contributed by atoms with Crippen LogP contribution in [0.15, 0.2) is 72.2 Å². The van der Waals surface area contributed by atoms with Crippen LogP contribution in [0, 0.1) is 23.7 Å². The Morgan fingerprint density at radius 2 is 1.47 bits per heavy atom. The second-order valence-corrected chi connectivity index (χ2v) is 21.1. The Morgan fingerprint density at radius 3 is 2.06 bits per heavy atom. The fourth-order valence-electron chi connectivity index (χ4n) is 8.78. The minimum atomic E-state index is -4.87. The number of aliphatic hydroxyl groups is 1. The standard InChI is InChI=1S/C55H68F3N7O11S/c1-36-47(77-35-61-36)38-13-11-37(12-14-38)33-60-49(68)45-31-42(66)34-63(45)50(69)48(53(2,3)4)62-46(67)10-7-8-21-72-24-25-73-22-9-23-74-26-27-75-28-29-76-43-19-17-40(18-20-43)65-52(71)64(51(70)54(65,5)6)41-16-15-39(32-59)44(30-41)55(56,57)58/h11-20,30,35,42,45,48,66H,7-10,21-29,31,33-34H2,1-6H3,(H,60,68)(H,62,67)/t42-,45+,48-/m1/s1. The van der Waals surface area contributed by atoms with Crippen molar-refractivity contribution in [3.05, 3.63) is 94.6 Å². The minimum absolute atomic E-state index is 0.00657. The molecule has 2 aliphatic rings. The van der Waals surface area contributed by atoms with Crippen molar-refractivity contribution in [3.8, 4) is 22.3 Å². The summed E-state index contributed by atoms with van der Waals surface area (Å²) in [7, 11) is 0. The van der Waals surface area contributed by atoms with Crippen LogP contribution in [-0.2, 0) is 50.8 Å². The lowest BCUT2D eigenvalue weighted by Gasteiger charge is -2.35. The van der Waals surface area contributed by atoms with E-state index in [4.69, 9.17) is 28.9 Å². The topological polar surface area (TPSA) is 222 Å². The molecule has 0 bridgehead atoms. The zero-order valence-corrected chi connectivity index (χ0v) is 45.1. The van der Waals surface area contributed by atoms with Crippen molar-refractivity contribution < 1.29 is 65.9 Å². The number of ether oxygens (including phenoxy) is 5. The van der Waals surface area contributed by atoms with Crippen molar-refractivity contribution in [2.24, 2.45) is 5.41 Å². The molecule has 0 spiro atoms. The molecule has 3 atom stereocenters. The maximum atomic E-state index is 14.0. The van der Waals surface area contributed by atoms with Crippen molar-refractivity contribution >= 4 is 52.4 Å². The second-order valence-electron chi connectivity index (χ2n) is 20.2. The summed E-state index contributed by atoms with van der Waals surface area (Å²) >= 11 is 1.56. The smallest absolute Gasteiger partial charge is 0.417 e. The van der Waals surface area contributed by atoms with E-state index in [0.717, 1.165) is 33.8 Å². The van der Waals surface area contributed by atoms with E-state index in [1.165, 1.54) is 29.7 Å². The summed E-state index contributed by atoms with van der Waals surface area (Å²) in [6.45, 7) is 14.1. The summed E-state index contributed by atoms with van der Waals surface area (Å²) in [4.78, 5) is 76.0. The molecule has 0 radical (unpaired) electrons. The van der Waals surface area contributed by atoms with Gasteiger partial charge in [0.25, 0.3) is 5.91 Å². The lowest BCUT2D eigenvalue weighted by Crippen LogP contribution is -2.57. The summed E-state index contributed by atoms with van der Waals surface area (Å²) in [6, 6.07) is 15.8. The number of halogens is 3. The summed E-state index contributed by atoms with van der Waals surface area (Å²) < 4.78 is 69.2. The van der Waals surface area contributed by atoms with E-state index in [-0.39, 0.29) is 56.6 Å². The first-order chi connectivity index (χ1) is 36.6. The number of amides is 6. The number of β-amino-alcohol motifs (C(OH)–C–C–N with tert-alkyl or cyclic N) is 1. The number of urea groups is 1. The molecular formula is C55H68F3N7O11S. The first kappa shape index (κ1) is 59.8. The number of hydrogen-bond acceptors (Lipinski definition) is 14. The highest BCUT2D eigenvalue weighted by molar-refractivity contribution is 7.13. The normalized spacial score (nSPS) is 16.9. The number of carbonyl (C=O) groups is 5. The van der Waals surface area contributed by atoms with Gasteiger partial charge in [0, 0.05) is 51.4 Å². The number of hydrogen-bond donors (Lipinski definition) is 3. The number of nitriles is 1. The molecule has 416 valence electrons. The van der Waals surface area contributed by atoms with Gasteiger partial charge in [-0.1, -0.05) is 45.0 Å². The Hall–Kier alpha value is -6.48. The van der Waals surface area contributed by atoms with Crippen LogP contribution in [0.3, 0.4) is 0 Å². The Kier molecular flexibility index (Phi) is 21.1. The molecule has 0 unspecified atom stereocenters. The third-order valence-corrected chi connectivity index (χ3v) is 13.9. The number of nitrogens with zero attached hydrogens (tertiary/aromatic N) is 5. The number of alkyl halides is 3. The number of likely N-dealkylation sites (tertiary alicyclic amines) is 1. The Labute approximate surface area is 450 Å². The Bertz CT molecular complexity index is 2690. The highest BCUT2D eigenvalue weighted by atomic mass is 32.1. The van der Waals surface area contributed by atoms with Crippen LogP contribution in [0.2, 0.25) is 0 Å². The highest BCUT2D eigenvalue weighted by Crippen LogP contribution is 2.40. The molecule has 0 saturated carbocycles. The number of anilines is 2. The number of aliphatic hydroxyl groups excluding tert-OH is 1. The molecule has 2 fully saturated rings. The predicted molar refractivity (Wildman–Crippen MR) is 281 cm³/mol. The van der Waals surface area contributed by atoms with Gasteiger partial charge in [-0.05, 0) is 99.0 Å². The van der Waals surface area contributed by atoms with Crippen LogP contribution in [0.5, 0.6) is 5.75 Å². The number of aromatic nitrogens is 1. The number of carbonyl (C=O) groups excluding carboxylic acids is 5. The van der Waals surface area contributed by atoms with Gasteiger partial charge in [-0.25, -0.2) is 14.7 Å². The van der Waals surface area contributed by atoms with Crippen molar-refractivity contribution in [3.63, 3.8) is 0 Å². The van der Waals surface area contributed by atoms with Crippen molar-refractivity contribution in [2.75, 3.05) is 75.8 Å². The molecule has 22 heteroatoms. The monoisotopic (exact) mass is 1090 g/mol. The molecule has 3 N–H and O–H groups in total. The molecule has 77 heavy (non-hydrogen) atoms. The fraction of sp³-hybridized carbons (Fsp3) is 0.509. The third kappa shape index (κ3) is 16.1. The SMILES string of the molecule is Cc1ncsc1-c1ccc(CNC(=O)[C@@H]2C[C@@H](O)CN2C(=O)[C@@H](NC(=O)CCCCOCCOCCCOCCOCCOc2ccc(N3C(=O)N(c4ccc(C#N)c(C(F)(F)F)c4)C(=O)C3(C)C)cc2)C(C)(C)C)cc1. The summed E-state index contributed by atoms with van der Waals surface area (Å²) in [5.41, 5.74) is 0.758. The van der Waals surface area contributed by atoms with Crippen molar-refractivity contribution in [1.82, 2.24) is 20.5 Å². The predicted octanol–water partition coefficient (Wildman–Crippen LogP) is 7.58. The van der Waals surface area contributed by atoms with Crippen LogP contribution in [-0.4, -0.2) is 134 Å². The number of imide groups is 1. The molecule has 1 aromatic heterocycles. The number of aryl methyl sites for hydroxylation is 1. The third-order valence-electron chi connectivity index (χ3n) is 12.9. The lowest BCUT2D eigenvalue weighted by atomic mass is 9.85. The maximum absolute atomic E-state index is 14.0. The Balaban J connectivity index is 0.774.